The van der Waals surface area contributed by atoms with Crippen molar-refractivity contribution < 1.29 is 14.6 Å². The highest BCUT2D eigenvalue weighted by atomic mass is 16.5. The number of carbonyl (C=O) groups excluding carboxylic acids is 1. The Hall–Kier alpha value is -1.43. The number of amides is 1. The van der Waals surface area contributed by atoms with Gasteiger partial charge in [-0.25, -0.2) is 0 Å². The first-order valence-corrected chi connectivity index (χ1v) is 8.93. The smallest absolute Gasteiger partial charge is 0.224 e. The van der Waals surface area contributed by atoms with Gasteiger partial charge in [0.05, 0.1) is 19.3 Å². The van der Waals surface area contributed by atoms with Crippen LogP contribution in [0, 0.1) is 5.41 Å². The van der Waals surface area contributed by atoms with Gasteiger partial charge in [0.25, 0.3) is 0 Å². The molecular formula is C19H28N2O3. The highest BCUT2D eigenvalue weighted by Gasteiger charge is 2.49. The Morgan fingerprint density at radius 3 is 2.58 bits per heavy atom. The van der Waals surface area contributed by atoms with Crippen molar-refractivity contribution in [3.8, 4) is 0 Å². The van der Waals surface area contributed by atoms with Crippen molar-refractivity contribution in [3.05, 3.63) is 35.9 Å². The number of aliphatic hydroxyl groups is 1. The maximum Gasteiger partial charge on any atom is 0.224 e. The molecule has 2 unspecified atom stereocenters. The quantitative estimate of drug-likeness (QED) is 0.798. The zero-order valence-electron chi connectivity index (χ0n) is 14.4. The third kappa shape index (κ3) is 4.15. The van der Waals surface area contributed by atoms with E-state index in [0.717, 1.165) is 24.9 Å². The van der Waals surface area contributed by atoms with Gasteiger partial charge in [-0.3, -0.25) is 4.79 Å². The van der Waals surface area contributed by atoms with Gasteiger partial charge in [-0.05, 0) is 25.3 Å². The highest BCUT2D eigenvalue weighted by Crippen LogP contribution is 2.54. The van der Waals surface area contributed by atoms with Crippen LogP contribution in [-0.4, -0.2) is 54.8 Å². The van der Waals surface area contributed by atoms with E-state index < -0.39 is 6.10 Å². The molecule has 1 aliphatic carbocycles. The molecule has 5 heteroatoms. The van der Waals surface area contributed by atoms with Gasteiger partial charge in [-0.15, -0.1) is 0 Å². The maximum absolute atomic E-state index is 12.3. The van der Waals surface area contributed by atoms with E-state index in [-0.39, 0.29) is 17.4 Å². The highest BCUT2D eigenvalue weighted by molar-refractivity contribution is 5.76. The second kappa shape index (κ2) is 7.64. The summed E-state index contributed by atoms with van der Waals surface area (Å²) in [4.78, 5) is 14.2. The Labute approximate surface area is 144 Å². The topological polar surface area (TPSA) is 61.8 Å². The summed E-state index contributed by atoms with van der Waals surface area (Å²) in [5.41, 5.74) is 0.909. The number of nitrogens with zero attached hydrogens (tertiary/aromatic N) is 1. The molecule has 2 atom stereocenters. The van der Waals surface area contributed by atoms with E-state index >= 15 is 0 Å². The zero-order valence-corrected chi connectivity index (χ0v) is 14.4. The summed E-state index contributed by atoms with van der Waals surface area (Å²) in [7, 11) is 0. The van der Waals surface area contributed by atoms with Crippen LogP contribution in [0.4, 0.5) is 0 Å². The minimum atomic E-state index is -0.437. The van der Waals surface area contributed by atoms with Crippen LogP contribution in [0.3, 0.4) is 0 Å². The molecule has 132 valence electrons. The number of carbonyl (C=O) groups is 1. The van der Waals surface area contributed by atoms with Crippen LogP contribution < -0.4 is 5.32 Å². The van der Waals surface area contributed by atoms with Gasteiger partial charge in [0.1, 0.15) is 0 Å². The van der Waals surface area contributed by atoms with Crippen LogP contribution in [0.15, 0.2) is 30.3 Å². The minimum Gasteiger partial charge on any atom is -0.388 e. The number of nitrogens with one attached hydrogen (secondary N) is 1. The number of rotatable bonds is 7. The first kappa shape index (κ1) is 17.4. The molecule has 24 heavy (non-hydrogen) atoms. The predicted octanol–water partition coefficient (Wildman–Crippen LogP) is 1.73. The average Bonchev–Trinajstić information content (AvgIpc) is 3.42. The Morgan fingerprint density at radius 2 is 1.96 bits per heavy atom. The molecule has 1 heterocycles. The van der Waals surface area contributed by atoms with Crippen LogP contribution in [0.1, 0.15) is 37.9 Å². The van der Waals surface area contributed by atoms with Gasteiger partial charge in [0, 0.05) is 37.5 Å². The van der Waals surface area contributed by atoms with Gasteiger partial charge >= 0.3 is 0 Å². The molecule has 1 aromatic rings. The monoisotopic (exact) mass is 332 g/mol. The SMILES string of the molecule is CC(CC(=O)N1CCOCC1)NCC1(C(O)c2ccccc2)CC1. The maximum atomic E-state index is 12.3. The van der Waals surface area contributed by atoms with E-state index in [0.29, 0.717) is 32.7 Å². The van der Waals surface area contributed by atoms with E-state index in [4.69, 9.17) is 4.74 Å². The Bertz CT molecular complexity index is 539. The van der Waals surface area contributed by atoms with Gasteiger partial charge < -0.3 is 20.1 Å². The summed E-state index contributed by atoms with van der Waals surface area (Å²) in [5.74, 6) is 0.187. The lowest BCUT2D eigenvalue weighted by atomic mass is 9.92. The third-order valence-corrected chi connectivity index (χ3v) is 5.23. The van der Waals surface area contributed by atoms with Crippen LogP contribution in [0.25, 0.3) is 0 Å². The summed E-state index contributed by atoms with van der Waals surface area (Å²) in [6.45, 7) is 5.47. The molecule has 1 aromatic carbocycles. The number of hydrogen-bond donors (Lipinski definition) is 2. The lowest BCUT2D eigenvalue weighted by Gasteiger charge is -2.29. The van der Waals surface area contributed by atoms with Crippen molar-refractivity contribution in [2.24, 2.45) is 5.41 Å². The Kier molecular flexibility index (Phi) is 5.54. The normalized spacial score (nSPS) is 22.0. The van der Waals surface area contributed by atoms with Crippen LogP contribution in [0.5, 0.6) is 0 Å². The fourth-order valence-electron chi connectivity index (χ4n) is 3.35. The predicted molar refractivity (Wildman–Crippen MR) is 92.5 cm³/mol. The molecular weight excluding hydrogens is 304 g/mol. The van der Waals surface area contributed by atoms with Crippen LogP contribution >= 0.6 is 0 Å². The van der Waals surface area contributed by atoms with E-state index in [9.17, 15) is 9.90 Å². The lowest BCUT2D eigenvalue weighted by molar-refractivity contribution is -0.135. The molecule has 1 aliphatic heterocycles. The Balaban J connectivity index is 1.47. The van der Waals surface area contributed by atoms with Gasteiger partial charge in [-0.2, -0.15) is 0 Å². The van der Waals surface area contributed by atoms with Crippen LogP contribution in [-0.2, 0) is 9.53 Å². The van der Waals surface area contributed by atoms with Crippen molar-refractivity contribution in [2.75, 3.05) is 32.8 Å². The second-order valence-electron chi connectivity index (χ2n) is 7.15. The zero-order chi connectivity index (χ0) is 17.0. The van der Waals surface area contributed by atoms with Gasteiger partial charge in [0.2, 0.25) is 5.91 Å². The van der Waals surface area contributed by atoms with E-state index in [1.165, 1.54) is 0 Å². The average molecular weight is 332 g/mol. The van der Waals surface area contributed by atoms with Crippen molar-refractivity contribution in [1.29, 1.82) is 0 Å². The minimum absolute atomic E-state index is 0.0718. The van der Waals surface area contributed by atoms with E-state index in [1.54, 1.807) is 0 Å². The van der Waals surface area contributed by atoms with Gasteiger partial charge in [-0.1, -0.05) is 30.3 Å². The van der Waals surface area contributed by atoms with E-state index in [1.807, 2.05) is 42.2 Å². The van der Waals surface area contributed by atoms with Crippen LogP contribution in [0.2, 0.25) is 0 Å². The van der Waals surface area contributed by atoms with Crippen molar-refractivity contribution in [2.45, 2.75) is 38.3 Å². The molecule has 2 N–H and O–H groups in total. The Morgan fingerprint density at radius 1 is 1.29 bits per heavy atom. The molecule has 2 fully saturated rings. The van der Waals surface area contributed by atoms with E-state index in [2.05, 4.69) is 5.32 Å². The summed E-state index contributed by atoms with van der Waals surface area (Å²) < 4.78 is 5.29. The molecule has 0 bridgehead atoms. The molecule has 3 rings (SSSR count). The fraction of sp³-hybridized carbons (Fsp3) is 0.632. The standard InChI is InChI=1S/C19H28N2O3/c1-15(13-17(22)21-9-11-24-12-10-21)20-14-19(7-8-19)18(23)16-5-3-2-4-6-16/h2-6,15,18,20,23H,7-14H2,1H3. The molecule has 5 nitrogen and oxygen atoms in total. The van der Waals surface area contributed by atoms with Crippen molar-refractivity contribution in [1.82, 2.24) is 10.2 Å². The van der Waals surface area contributed by atoms with Gasteiger partial charge in [0.15, 0.2) is 0 Å². The van der Waals surface area contributed by atoms with Crippen molar-refractivity contribution in [3.63, 3.8) is 0 Å². The summed E-state index contributed by atoms with van der Waals surface area (Å²) >= 11 is 0. The molecule has 0 radical (unpaired) electrons. The lowest BCUT2D eigenvalue weighted by Crippen LogP contribution is -2.44. The largest absolute Gasteiger partial charge is 0.388 e. The number of morpholine rings is 1. The first-order chi connectivity index (χ1) is 11.6. The first-order valence-electron chi connectivity index (χ1n) is 8.93. The fourth-order valence-corrected chi connectivity index (χ4v) is 3.35. The molecule has 0 aromatic heterocycles. The molecule has 1 saturated carbocycles. The summed E-state index contributed by atoms with van der Waals surface area (Å²) in [6.07, 6.45) is 2.12. The number of hydrogen-bond acceptors (Lipinski definition) is 4. The molecule has 1 amide bonds. The van der Waals surface area contributed by atoms with Crippen molar-refractivity contribution >= 4 is 5.91 Å². The number of benzene rings is 1. The molecule has 2 aliphatic rings. The third-order valence-electron chi connectivity index (χ3n) is 5.23. The number of ether oxygens (including phenoxy) is 1. The summed E-state index contributed by atoms with van der Waals surface area (Å²) in [5, 5.41) is 14.1. The second-order valence-corrected chi connectivity index (χ2v) is 7.15. The molecule has 1 saturated heterocycles. The summed E-state index contributed by atoms with van der Waals surface area (Å²) in [6, 6.07) is 9.97. The molecule has 0 spiro atoms. The number of aliphatic hydroxyl groups excluding tert-OH is 1.